The fourth-order valence-corrected chi connectivity index (χ4v) is 1.21. The minimum Gasteiger partial charge on any atom is -0.477 e. The molecule has 0 aliphatic carbocycles. The van der Waals surface area contributed by atoms with Gasteiger partial charge >= 0.3 is 5.97 Å². The number of hydrogen-bond acceptors (Lipinski definition) is 2. The third kappa shape index (κ3) is 2.27. The van der Waals surface area contributed by atoms with Gasteiger partial charge in [-0.05, 0) is 6.92 Å². The Morgan fingerprint density at radius 3 is 2.93 bits per heavy atom. The fourth-order valence-electron chi connectivity index (χ4n) is 1.02. The SMILES string of the molecule is Cc1ncc(C(=O)O)n1C/C(Cl)=C/Cl. The lowest BCUT2D eigenvalue weighted by Gasteiger charge is -2.05. The summed E-state index contributed by atoms with van der Waals surface area (Å²) in [4.78, 5) is 14.6. The van der Waals surface area contributed by atoms with E-state index >= 15 is 0 Å². The van der Waals surface area contributed by atoms with Gasteiger partial charge in [-0.15, -0.1) is 0 Å². The van der Waals surface area contributed by atoms with Crippen LogP contribution < -0.4 is 0 Å². The summed E-state index contributed by atoms with van der Waals surface area (Å²) in [6.07, 6.45) is 1.29. The number of carboxylic acid groups (broad SMARTS) is 1. The Hall–Kier alpha value is -1.00. The summed E-state index contributed by atoms with van der Waals surface area (Å²) >= 11 is 11.1. The third-order valence-electron chi connectivity index (χ3n) is 1.70. The van der Waals surface area contributed by atoms with Crippen molar-refractivity contribution in [3.05, 3.63) is 28.3 Å². The zero-order chi connectivity index (χ0) is 10.7. The molecule has 0 aliphatic heterocycles. The number of aromatic nitrogens is 2. The Labute approximate surface area is 90.8 Å². The van der Waals surface area contributed by atoms with Crippen LogP contribution in [0.1, 0.15) is 16.3 Å². The second-order valence-corrected chi connectivity index (χ2v) is 3.34. The molecule has 6 heteroatoms. The van der Waals surface area contributed by atoms with Crippen molar-refractivity contribution in [3.63, 3.8) is 0 Å². The van der Waals surface area contributed by atoms with Crippen LogP contribution in [0, 0.1) is 6.92 Å². The molecule has 1 rings (SSSR count). The van der Waals surface area contributed by atoms with E-state index in [0.717, 1.165) is 0 Å². The molecule has 76 valence electrons. The van der Waals surface area contributed by atoms with Gasteiger partial charge < -0.3 is 9.67 Å². The first-order valence-electron chi connectivity index (χ1n) is 3.76. The number of allylic oxidation sites excluding steroid dienone is 1. The molecule has 0 fully saturated rings. The highest BCUT2D eigenvalue weighted by Gasteiger charge is 2.13. The lowest BCUT2D eigenvalue weighted by molar-refractivity contribution is 0.0685. The molecular weight excluding hydrogens is 227 g/mol. The molecule has 1 N–H and O–H groups in total. The van der Waals surface area contributed by atoms with Gasteiger partial charge in [0, 0.05) is 10.6 Å². The van der Waals surface area contributed by atoms with Gasteiger partial charge in [-0.25, -0.2) is 9.78 Å². The van der Waals surface area contributed by atoms with E-state index in [2.05, 4.69) is 4.98 Å². The average molecular weight is 235 g/mol. The minimum atomic E-state index is -1.04. The van der Waals surface area contributed by atoms with Crippen molar-refractivity contribution in [1.29, 1.82) is 0 Å². The Morgan fingerprint density at radius 1 is 1.79 bits per heavy atom. The highest BCUT2D eigenvalue weighted by molar-refractivity contribution is 6.36. The van der Waals surface area contributed by atoms with Crippen LogP contribution in [0.4, 0.5) is 0 Å². The van der Waals surface area contributed by atoms with Crippen molar-refractivity contribution in [3.8, 4) is 0 Å². The molecule has 1 heterocycles. The van der Waals surface area contributed by atoms with E-state index in [4.69, 9.17) is 28.3 Å². The molecule has 0 aromatic carbocycles. The second kappa shape index (κ2) is 4.48. The predicted octanol–water partition coefficient (Wildman–Crippen LogP) is 2.21. The molecule has 0 unspecified atom stereocenters. The number of carboxylic acids is 1. The molecule has 0 bridgehead atoms. The van der Waals surface area contributed by atoms with Gasteiger partial charge in [-0.2, -0.15) is 0 Å². The summed E-state index contributed by atoms with van der Waals surface area (Å²) in [7, 11) is 0. The van der Waals surface area contributed by atoms with Crippen molar-refractivity contribution < 1.29 is 9.90 Å². The summed E-state index contributed by atoms with van der Waals surface area (Å²) in [5.41, 5.74) is 1.30. The number of rotatable bonds is 3. The molecule has 14 heavy (non-hydrogen) atoms. The Balaban J connectivity index is 3.05. The van der Waals surface area contributed by atoms with Crippen LogP contribution in [-0.4, -0.2) is 20.6 Å². The van der Waals surface area contributed by atoms with Crippen molar-refractivity contribution in [2.24, 2.45) is 0 Å². The van der Waals surface area contributed by atoms with Gasteiger partial charge in [0.05, 0.1) is 12.7 Å². The first-order valence-corrected chi connectivity index (χ1v) is 4.58. The summed E-state index contributed by atoms with van der Waals surface area (Å²) in [6, 6.07) is 0. The van der Waals surface area contributed by atoms with Crippen LogP contribution in [0.3, 0.4) is 0 Å². The van der Waals surface area contributed by atoms with Gasteiger partial charge in [-0.3, -0.25) is 0 Å². The Morgan fingerprint density at radius 2 is 2.43 bits per heavy atom. The average Bonchev–Trinajstić information content (AvgIpc) is 2.48. The molecule has 0 atom stereocenters. The first-order chi connectivity index (χ1) is 6.56. The number of hydrogen-bond donors (Lipinski definition) is 1. The van der Waals surface area contributed by atoms with Crippen molar-refractivity contribution in [2.45, 2.75) is 13.5 Å². The van der Waals surface area contributed by atoms with Crippen molar-refractivity contribution in [1.82, 2.24) is 9.55 Å². The molecular formula is C8H8Cl2N2O2. The van der Waals surface area contributed by atoms with Crippen LogP contribution in [0.25, 0.3) is 0 Å². The summed E-state index contributed by atoms with van der Waals surface area (Å²) in [5, 5.41) is 9.16. The minimum absolute atomic E-state index is 0.0965. The van der Waals surface area contributed by atoms with Crippen molar-refractivity contribution in [2.75, 3.05) is 0 Å². The lowest BCUT2D eigenvalue weighted by Crippen LogP contribution is -2.10. The molecule has 0 saturated carbocycles. The molecule has 0 saturated heterocycles. The molecule has 0 amide bonds. The van der Waals surface area contributed by atoms with Crippen molar-refractivity contribution >= 4 is 29.2 Å². The predicted molar refractivity (Wildman–Crippen MR) is 53.7 cm³/mol. The van der Waals surface area contributed by atoms with E-state index in [0.29, 0.717) is 10.9 Å². The maximum Gasteiger partial charge on any atom is 0.354 e. The molecule has 4 nitrogen and oxygen atoms in total. The van der Waals surface area contributed by atoms with E-state index in [9.17, 15) is 4.79 Å². The number of imidazole rings is 1. The highest BCUT2D eigenvalue weighted by atomic mass is 35.5. The summed E-state index contributed by atoms with van der Waals surface area (Å²) < 4.78 is 1.48. The van der Waals surface area contributed by atoms with Crippen LogP contribution >= 0.6 is 23.2 Å². The second-order valence-electron chi connectivity index (χ2n) is 2.64. The number of aryl methyl sites for hydroxylation is 1. The standard InChI is InChI=1S/C8H8Cl2N2O2/c1-5-11-3-7(8(13)14)12(5)4-6(10)2-9/h2-3H,4H2,1H3,(H,13,14)/b6-2-. The van der Waals surface area contributed by atoms with Crippen LogP contribution in [-0.2, 0) is 6.54 Å². The monoisotopic (exact) mass is 234 g/mol. The van der Waals surface area contributed by atoms with E-state index < -0.39 is 5.97 Å². The molecule has 0 aliphatic rings. The number of carbonyl (C=O) groups is 1. The molecule has 1 aromatic rings. The molecule has 0 radical (unpaired) electrons. The van der Waals surface area contributed by atoms with Crippen LogP contribution in [0.15, 0.2) is 16.8 Å². The van der Waals surface area contributed by atoms with Gasteiger partial charge in [0.15, 0.2) is 0 Å². The fraction of sp³-hybridized carbons (Fsp3) is 0.250. The number of halogens is 2. The summed E-state index contributed by atoms with van der Waals surface area (Å²) in [6.45, 7) is 1.92. The summed E-state index contributed by atoms with van der Waals surface area (Å²) in [5.74, 6) is -0.455. The normalized spacial score (nSPS) is 11.8. The van der Waals surface area contributed by atoms with Gasteiger partial charge in [0.25, 0.3) is 0 Å². The van der Waals surface area contributed by atoms with Gasteiger partial charge in [0.2, 0.25) is 0 Å². The maximum absolute atomic E-state index is 10.7. The highest BCUT2D eigenvalue weighted by Crippen LogP contribution is 2.12. The van der Waals surface area contributed by atoms with E-state index in [-0.39, 0.29) is 12.2 Å². The maximum atomic E-state index is 10.7. The van der Waals surface area contributed by atoms with E-state index in [1.807, 2.05) is 0 Å². The molecule has 1 aromatic heterocycles. The largest absolute Gasteiger partial charge is 0.477 e. The van der Waals surface area contributed by atoms with Crippen LogP contribution in [0.5, 0.6) is 0 Å². The smallest absolute Gasteiger partial charge is 0.354 e. The van der Waals surface area contributed by atoms with E-state index in [1.54, 1.807) is 6.92 Å². The Bertz CT molecular complexity index is 385. The topological polar surface area (TPSA) is 55.1 Å². The zero-order valence-corrected chi connectivity index (χ0v) is 8.88. The first kappa shape index (κ1) is 11.1. The zero-order valence-electron chi connectivity index (χ0n) is 7.37. The van der Waals surface area contributed by atoms with Gasteiger partial charge in [-0.1, -0.05) is 23.2 Å². The van der Waals surface area contributed by atoms with Crippen LogP contribution in [0.2, 0.25) is 0 Å². The lowest BCUT2D eigenvalue weighted by atomic mass is 10.4. The Kier molecular flexibility index (Phi) is 3.55. The number of nitrogens with zero attached hydrogens (tertiary/aromatic N) is 2. The number of aromatic carboxylic acids is 1. The molecule has 0 spiro atoms. The van der Waals surface area contributed by atoms with Gasteiger partial charge in [0.1, 0.15) is 11.5 Å². The van der Waals surface area contributed by atoms with E-state index in [1.165, 1.54) is 16.3 Å². The third-order valence-corrected chi connectivity index (χ3v) is 2.31. The quantitative estimate of drug-likeness (QED) is 0.873.